The first-order valence-electron chi connectivity index (χ1n) is 8.16. The van der Waals surface area contributed by atoms with E-state index >= 15 is 0 Å². The van der Waals surface area contributed by atoms with Crippen LogP contribution in [-0.2, 0) is 21.1 Å². The second kappa shape index (κ2) is 7.70. The van der Waals surface area contributed by atoms with Gasteiger partial charge in [-0.2, -0.15) is 0 Å². The highest BCUT2D eigenvalue weighted by molar-refractivity contribution is 7.91. The molecule has 5 nitrogen and oxygen atoms in total. The first kappa shape index (κ1) is 19.0. The van der Waals surface area contributed by atoms with Crippen LogP contribution in [0.15, 0.2) is 41.3 Å². The van der Waals surface area contributed by atoms with Gasteiger partial charge in [0.25, 0.3) is 0 Å². The van der Waals surface area contributed by atoms with E-state index in [0.29, 0.717) is 11.3 Å². The van der Waals surface area contributed by atoms with Gasteiger partial charge in [0.2, 0.25) is 5.91 Å². The van der Waals surface area contributed by atoms with E-state index in [2.05, 4.69) is 10.6 Å². The van der Waals surface area contributed by atoms with E-state index in [1.54, 1.807) is 13.0 Å². The third-order valence-electron chi connectivity index (χ3n) is 4.16. The Balaban J connectivity index is 2.17. The maximum atomic E-state index is 12.2. The maximum Gasteiger partial charge on any atom is 0.243 e. The van der Waals surface area contributed by atoms with Crippen LogP contribution in [0.2, 0.25) is 0 Å². The highest BCUT2D eigenvalue weighted by Gasteiger charge is 2.18. The van der Waals surface area contributed by atoms with Gasteiger partial charge in [0.05, 0.1) is 17.1 Å². The van der Waals surface area contributed by atoms with Gasteiger partial charge in [-0.3, -0.25) is 4.79 Å². The molecule has 25 heavy (non-hydrogen) atoms. The second-order valence-electron chi connectivity index (χ2n) is 6.07. The Bertz CT molecular complexity index is 890. The lowest BCUT2D eigenvalue weighted by Crippen LogP contribution is -2.23. The van der Waals surface area contributed by atoms with Gasteiger partial charge in [0.1, 0.15) is 0 Å². The fourth-order valence-corrected chi connectivity index (χ4v) is 3.98. The van der Waals surface area contributed by atoms with E-state index in [-0.39, 0.29) is 17.3 Å². The Morgan fingerprint density at radius 3 is 2.36 bits per heavy atom. The molecular weight excluding hydrogens is 336 g/mol. The van der Waals surface area contributed by atoms with Gasteiger partial charge in [-0.15, -0.1) is 0 Å². The van der Waals surface area contributed by atoms with E-state index in [1.165, 1.54) is 6.26 Å². The number of para-hydroxylation sites is 1. The van der Waals surface area contributed by atoms with Crippen molar-refractivity contribution in [1.82, 2.24) is 0 Å². The molecule has 0 radical (unpaired) electrons. The summed E-state index contributed by atoms with van der Waals surface area (Å²) >= 11 is 0. The zero-order valence-electron chi connectivity index (χ0n) is 15.0. The first-order chi connectivity index (χ1) is 11.7. The molecule has 0 spiro atoms. The highest BCUT2D eigenvalue weighted by Crippen LogP contribution is 2.27. The predicted molar refractivity (Wildman–Crippen MR) is 102 cm³/mol. The lowest BCUT2D eigenvalue weighted by molar-refractivity contribution is -0.114. The van der Waals surface area contributed by atoms with Gasteiger partial charge >= 0.3 is 0 Å². The van der Waals surface area contributed by atoms with Crippen molar-refractivity contribution in [3.05, 3.63) is 53.1 Å². The Labute approximate surface area is 149 Å². The summed E-state index contributed by atoms with van der Waals surface area (Å²) in [5, 5.41) is 5.82. The molecule has 0 aliphatic carbocycles. The predicted octanol–water partition coefficient (Wildman–Crippen LogP) is 3.32. The van der Waals surface area contributed by atoms with Crippen LogP contribution in [-0.4, -0.2) is 27.1 Å². The third kappa shape index (κ3) is 4.60. The van der Waals surface area contributed by atoms with E-state index in [9.17, 15) is 13.2 Å². The molecule has 0 unspecified atom stereocenters. The zero-order chi connectivity index (χ0) is 18.6. The van der Waals surface area contributed by atoms with Gasteiger partial charge in [-0.25, -0.2) is 8.42 Å². The van der Waals surface area contributed by atoms with E-state index in [4.69, 9.17) is 0 Å². The van der Waals surface area contributed by atoms with E-state index in [0.717, 1.165) is 23.2 Å². The largest absolute Gasteiger partial charge is 0.375 e. The molecule has 2 N–H and O–H groups in total. The Morgan fingerprint density at radius 2 is 1.72 bits per heavy atom. The van der Waals surface area contributed by atoms with Crippen LogP contribution in [0.5, 0.6) is 0 Å². The van der Waals surface area contributed by atoms with Crippen molar-refractivity contribution < 1.29 is 13.2 Å². The van der Waals surface area contributed by atoms with E-state index in [1.807, 2.05) is 44.2 Å². The van der Waals surface area contributed by atoms with Crippen LogP contribution in [0, 0.1) is 13.8 Å². The smallest absolute Gasteiger partial charge is 0.243 e. The number of sulfone groups is 1. The third-order valence-corrected chi connectivity index (χ3v) is 5.43. The van der Waals surface area contributed by atoms with E-state index < -0.39 is 9.84 Å². The maximum absolute atomic E-state index is 12.2. The summed E-state index contributed by atoms with van der Waals surface area (Å²) in [6.45, 7) is 5.65. The van der Waals surface area contributed by atoms with Gasteiger partial charge in [0.15, 0.2) is 9.84 Å². The summed E-state index contributed by atoms with van der Waals surface area (Å²) in [4.78, 5) is 12.5. The van der Waals surface area contributed by atoms with Crippen LogP contribution < -0.4 is 10.6 Å². The molecule has 0 fully saturated rings. The summed E-state index contributed by atoms with van der Waals surface area (Å²) in [5.41, 5.74) is 3.88. The minimum Gasteiger partial charge on any atom is -0.375 e. The van der Waals surface area contributed by atoms with Gasteiger partial charge < -0.3 is 10.6 Å². The molecular formula is C19H24N2O3S. The van der Waals surface area contributed by atoms with Crippen LogP contribution in [0.3, 0.4) is 0 Å². The van der Waals surface area contributed by atoms with Crippen LogP contribution in [0.1, 0.15) is 23.6 Å². The molecule has 0 aromatic heterocycles. The van der Waals surface area contributed by atoms with Crippen molar-refractivity contribution in [3.8, 4) is 0 Å². The van der Waals surface area contributed by atoms with Gasteiger partial charge in [-0.05, 0) is 49.1 Å². The molecule has 1 amide bonds. The number of hydrogen-bond acceptors (Lipinski definition) is 4. The second-order valence-corrected chi connectivity index (χ2v) is 8.02. The lowest BCUT2D eigenvalue weighted by Gasteiger charge is -2.15. The normalized spacial score (nSPS) is 11.2. The summed E-state index contributed by atoms with van der Waals surface area (Å²) in [6.07, 6.45) is 2.00. The van der Waals surface area contributed by atoms with Crippen molar-refractivity contribution in [3.63, 3.8) is 0 Å². The Kier molecular flexibility index (Phi) is 5.85. The number of nitrogens with one attached hydrogen (secondary N) is 2. The fourth-order valence-electron chi connectivity index (χ4n) is 2.73. The first-order valence-corrected chi connectivity index (χ1v) is 10.0. The monoisotopic (exact) mass is 360 g/mol. The zero-order valence-corrected chi connectivity index (χ0v) is 15.8. The van der Waals surface area contributed by atoms with Crippen molar-refractivity contribution in [2.24, 2.45) is 0 Å². The van der Waals surface area contributed by atoms with Crippen molar-refractivity contribution in [2.45, 2.75) is 32.1 Å². The average Bonchev–Trinajstić information content (AvgIpc) is 2.55. The minimum absolute atomic E-state index is 0.0108. The molecule has 0 aliphatic heterocycles. The van der Waals surface area contributed by atoms with Crippen molar-refractivity contribution in [1.29, 1.82) is 0 Å². The molecule has 0 saturated heterocycles. The molecule has 0 aliphatic rings. The lowest BCUT2D eigenvalue weighted by atomic mass is 10.1. The topological polar surface area (TPSA) is 75.3 Å². The number of amides is 1. The molecule has 0 saturated carbocycles. The molecule has 0 bridgehead atoms. The summed E-state index contributed by atoms with van der Waals surface area (Å²) in [6, 6.07) is 11.2. The Morgan fingerprint density at radius 1 is 1.04 bits per heavy atom. The summed E-state index contributed by atoms with van der Waals surface area (Å²) in [5.74, 6) is -0.224. The number of anilines is 2. The van der Waals surface area contributed by atoms with Gasteiger partial charge in [-0.1, -0.05) is 31.2 Å². The molecule has 2 aromatic carbocycles. The summed E-state index contributed by atoms with van der Waals surface area (Å²) < 4.78 is 24.2. The molecule has 6 heteroatoms. The molecule has 0 atom stereocenters. The number of hydrogen-bond donors (Lipinski definition) is 2. The molecule has 134 valence electrons. The SMILES string of the molecule is CCc1ccccc1NC(=O)CNc1ccc(C)c(C)c1S(C)(=O)=O. The average molecular weight is 360 g/mol. The van der Waals surface area contributed by atoms with Crippen molar-refractivity contribution >= 4 is 27.1 Å². The number of carbonyl (C=O) groups excluding carboxylic acids is 1. The van der Waals surface area contributed by atoms with Gasteiger partial charge in [0, 0.05) is 11.9 Å². The van der Waals surface area contributed by atoms with Crippen LogP contribution in [0.25, 0.3) is 0 Å². The number of rotatable bonds is 6. The number of carbonyl (C=O) groups is 1. The van der Waals surface area contributed by atoms with Crippen LogP contribution >= 0.6 is 0 Å². The molecule has 2 aromatic rings. The number of benzene rings is 2. The Hall–Kier alpha value is -2.34. The standard InChI is InChI=1S/C19H24N2O3S/c1-5-15-8-6-7-9-16(15)21-18(22)12-20-17-11-10-13(2)14(3)19(17)25(4,23)24/h6-11,20H,5,12H2,1-4H3,(H,21,22). The minimum atomic E-state index is -3.40. The quantitative estimate of drug-likeness (QED) is 0.829. The number of aryl methyl sites for hydroxylation is 2. The molecule has 2 rings (SSSR count). The highest BCUT2D eigenvalue weighted by atomic mass is 32.2. The summed E-state index contributed by atoms with van der Waals surface area (Å²) in [7, 11) is -3.40. The fraction of sp³-hybridized carbons (Fsp3) is 0.316. The van der Waals surface area contributed by atoms with Crippen molar-refractivity contribution in [2.75, 3.05) is 23.4 Å². The molecule has 0 heterocycles. The van der Waals surface area contributed by atoms with Crippen LogP contribution in [0.4, 0.5) is 11.4 Å².